The van der Waals surface area contributed by atoms with Crippen LogP contribution in [0.25, 0.3) is 45.1 Å². The summed E-state index contributed by atoms with van der Waals surface area (Å²) in [6.07, 6.45) is 26.5. The second-order valence-electron chi connectivity index (χ2n) is 19.0. The predicted octanol–water partition coefficient (Wildman–Crippen LogP) is 16.9. The molecule has 0 bridgehead atoms. The van der Waals surface area contributed by atoms with E-state index >= 15 is 0 Å². The Morgan fingerprint density at radius 3 is 1.09 bits per heavy atom. The molecule has 7 aromatic rings. The highest BCUT2D eigenvalue weighted by Gasteiger charge is 2.18. The maximum Gasteiger partial charge on any atom is 0.159 e. The lowest BCUT2D eigenvalue weighted by Gasteiger charge is -2.11. The number of nitrogens with zero attached hydrogens (tertiary/aromatic N) is 5. The van der Waals surface area contributed by atoms with Gasteiger partial charge in [0.25, 0.3) is 0 Å². The van der Waals surface area contributed by atoms with E-state index in [2.05, 4.69) is 97.5 Å². The molecule has 0 amide bonds. The lowest BCUT2D eigenvalue weighted by molar-refractivity contribution is 0.300. The zero-order valence-electron chi connectivity index (χ0n) is 43.1. The van der Waals surface area contributed by atoms with Gasteiger partial charge in [0.2, 0.25) is 0 Å². The SMILES string of the molecule is CCCCCCCCCCCCOc1ccc(COc2ccc3nc(-c4cccc(-c5nc6ccc(OCc7ccc(OCCCCCCCCCCCC)cc7)cc6n5CC)n4)n(CC)c3c2)cc1. The predicted molar refractivity (Wildman–Crippen MR) is 289 cm³/mol. The van der Waals surface area contributed by atoms with Crippen molar-refractivity contribution in [2.24, 2.45) is 0 Å². The van der Waals surface area contributed by atoms with Crippen LogP contribution in [-0.2, 0) is 26.3 Å². The largest absolute Gasteiger partial charge is 0.494 e. The minimum Gasteiger partial charge on any atom is -0.494 e. The second kappa shape index (κ2) is 28.7. The molecule has 0 radical (unpaired) electrons. The van der Waals surface area contributed by atoms with Crippen LogP contribution in [0.2, 0.25) is 0 Å². The van der Waals surface area contributed by atoms with Crippen LogP contribution < -0.4 is 18.9 Å². The first-order valence-electron chi connectivity index (χ1n) is 27.2. The molecule has 7 rings (SSSR count). The van der Waals surface area contributed by atoms with E-state index in [0.717, 1.165) is 118 Å². The third-order valence-corrected chi connectivity index (χ3v) is 13.5. The Bertz CT molecular complexity index is 2410. The summed E-state index contributed by atoms with van der Waals surface area (Å²) in [6.45, 7) is 12.8. The van der Waals surface area contributed by atoms with Gasteiger partial charge in [-0.15, -0.1) is 0 Å². The van der Waals surface area contributed by atoms with Gasteiger partial charge in [-0.25, -0.2) is 15.0 Å². The van der Waals surface area contributed by atoms with Crippen LogP contribution in [0.3, 0.4) is 0 Å². The smallest absolute Gasteiger partial charge is 0.159 e. The number of unbranched alkanes of at least 4 members (excludes halogenated alkanes) is 18. The Hall–Kier alpha value is -5.83. The second-order valence-corrected chi connectivity index (χ2v) is 19.0. The Balaban J connectivity index is 0.895. The fourth-order valence-corrected chi connectivity index (χ4v) is 9.36. The molecule has 3 heterocycles. The van der Waals surface area contributed by atoms with E-state index in [-0.39, 0.29) is 0 Å². The maximum absolute atomic E-state index is 6.32. The number of ether oxygens (including phenoxy) is 4. The molecule has 0 saturated carbocycles. The molecule has 374 valence electrons. The van der Waals surface area contributed by atoms with E-state index in [1.54, 1.807) is 0 Å². The number of benzene rings is 4. The molecule has 0 unspecified atom stereocenters. The highest BCUT2D eigenvalue weighted by molar-refractivity contribution is 5.83. The van der Waals surface area contributed by atoms with Gasteiger partial charge < -0.3 is 28.1 Å². The summed E-state index contributed by atoms with van der Waals surface area (Å²) < 4.78 is 29.2. The first-order chi connectivity index (χ1) is 34.6. The summed E-state index contributed by atoms with van der Waals surface area (Å²) in [7, 11) is 0. The van der Waals surface area contributed by atoms with Crippen molar-refractivity contribution in [2.75, 3.05) is 13.2 Å². The van der Waals surface area contributed by atoms with Crippen LogP contribution >= 0.6 is 0 Å². The monoisotopic (exact) mass is 948 g/mol. The summed E-state index contributed by atoms with van der Waals surface area (Å²) in [5.41, 5.74) is 7.60. The standard InChI is InChI=1S/C61H81N5O4/c1-5-9-11-13-15-17-19-21-23-25-42-67-50-34-30-48(31-35-50)46-69-52-38-40-54-58(44-52)65(7-3)60(63-54)56-28-27-29-57(62-56)61-64-55-41-39-53(45-59(55)66(61)8-4)70-47-49-32-36-51(37-33-49)68-43-26-24-22-20-18-16-14-12-10-6-2/h27-41,44-45H,5-26,42-43,46-47H2,1-4H3. The Kier molecular flexibility index (Phi) is 21.4. The van der Waals surface area contributed by atoms with Crippen molar-refractivity contribution >= 4 is 22.1 Å². The molecule has 0 fully saturated rings. The highest BCUT2D eigenvalue weighted by atomic mass is 16.5. The van der Waals surface area contributed by atoms with Crippen LogP contribution in [0, 0.1) is 0 Å². The quantitative estimate of drug-likeness (QED) is 0.0372. The van der Waals surface area contributed by atoms with E-state index in [1.807, 2.05) is 42.5 Å². The Morgan fingerprint density at radius 2 is 0.714 bits per heavy atom. The van der Waals surface area contributed by atoms with E-state index < -0.39 is 0 Å². The van der Waals surface area contributed by atoms with Crippen molar-refractivity contribution in [3.63, 3.8) is 0 Å². The molecule has 70 heavy (non-hydrogen) atoms. The first-order valence-corrected chi connectivity index (χ1v) is 27.2. The Labute approximate surface area is 419 Å². The fraction of sp³-hybridized carbons (Fsp3) is 0.492. The van der Waals surface area contributed by atoms with Gasteiger partial charge in [0.1, 0.15) is 47.6 Å². The van der Waals surface area contributed by atoms with Gasteiger partial charge in [0, 0.05) is 25.2 Å². The number of hydrogen-bond acceptors (Lipinski definition) is 7. The zero-order valence-corrected chi connectivity index (χ0v) is 43.1. The number of hydrogen-bond donors (Lipinski definition) is 0. The van der Waals surface area contributed by atoms with Crippen molar-refractivity contribution in [1.29, 1.82) is 0 Å². The molecule has 0 aliphatic carbocycles. The third kappa shape index (κ3) is 15.6. The van der Waals surface area contributed by atoms with Gasteiger partial charge in [0.15, 0.2) is 11.6 Å². The molecular formula is C61H81N5O4. The van der Waals surface area contributed by atoms with Crippen molar-refractivity contribution in [1.82, 2.24) is 24.1 Å². The summed E-state index contributed by atoms with van der Waals surface area (Å²) in [4.78, 5) is 15.3. The number of aromatic nitrogens is 5. The van der Waals surface area contributed by atoms with Crippen molar-refractivity contribution in [3.8, 4) is 46.0 Å². The molecule has 0 N–H and O–H groups in total. The number of imidazole rings is 2. The summed E-state index contributed by atoms with van der Waals surface area (Å²) in [6, 6.07) is 34.9. The highest BCUT2D eigenvalue weighted by Crippen LogP contribution is 2.31. The molecule has 0 spiro atoms. The molecule has 0 atom stereocenters. The molecule has 0 aliphatic heterocycles. The first kappa shape index (κ1) is 52.0. The molecular weight excluding hydrogens is 867 g/mol. The van der Waals surface area contributed by atoms with Crippen LogP contribution in [0.1, 0.15) is 167 Å². The summed E-state index contributed by atoms with van der Waals surface area (Å²) in [5, 5.41) is 0. The van der Waals surface area contributed by atoms with Crippen molar-refractivity contribution in [3.05, 3.63) is 114 Å². The molecule has 9 nitrogen and oxygen atoms in total. The molecule has 3 aromatic heterocycles. The van der Waals surface area contributed by atoms with E-state index in [0.29, 0.717) is 13.2 Å². The number of rotatable bonds is 34. The molecule has 9 heteroatoms. The number of aryl methyl sites for hydroxylation is 2. The van der Waals surface area contributed by atoms with Crippen molar-refractivity contribution < 1.29 is 18.9 Å². The maximum atomic E-state index is 6.32. The average Bonchev–Trinajstić information content (AvgIpc) is 3.97. The van der Waals surface area contributed by atoms with Crippen LogP contribution in [0.5, 0.6) is 23.0 Å². The van der Waals surface area contributed by atoms with E-state index in [1.165, 1.54) is 116 Å². The Morgan fingerprint density at radius 1 is 0.357 bits per heavy atom. The number of pyridine rings is 1. The average molecular weight is 948 g/mol. The minimum atomic E-state index is 0.468. The fourth-order valence-electron chi connectivity index (χ4n) is 9.36. The lowest BCUT2D eigenvalue weighted by Crippen LogP contribution is -2.02. The van der Waals surface area contributed by atoms with Gasteiger partial charge in [-0.1, -0.05) is 160 Å². The van der Waals surface area contributed by atoms with E-state index in [9.17, 15) is 0 Å². The lowest BCUT2D eigenvalue weighted by atomic mass is 10.1. The van der Waals surface area contributed by atoms with E-state index in [4.69, 9.17) is 33.9 Å². The van der Waals surface area contributed by atoms with Crippen LogP contribution in [0.15, 0.2) is 103 Å². The minimum absolute atomic E-state index is 0.468. The van der Waals surface area contributed by atoms with Gasteiger partial charge in [-0.2, -0.15) is 0 Å². The molecule has 0 saturated heterocycles. The zero-order chi connectivity index (χ0) is 48.6. The van der Waals surface area contributed by atoms with Gasteiger partial charge in [-0.3, -0.25) is 0 Å². The molecule has 4 aromatic carbocycles. The van der Waals surface area contributed by atoms with Crippen LogP contribution in [-0.4, -0.2) is 37.3 Å². The summed E-state index contributed by atoms with van der Waals surface area (Å²) in [5.74, 6) is 5.06. The van der Waals surface area contributed by atoms with Gasteiger partial charge in [0.05, 0.1) is 35.3 Å². The molecule has 0 aliphatic rings. The number of fused-ring (bicyclic) bond motifs is 2. The van der Waals surface area contributed by atoms with Crippen molar-refractivity contribution in [2.45, 2.75) is 182 Å². The van der Waals surface area contributed by atoms with Crippen LogP contribution in [0.4, 0.5) is 0 Å². The normalized spacial score (nSPS) is 11.5. The third-order valence-electron chi connectivity index (χ3n) is 13.5. The van der Waals surface area contributed by atoms with Gasteiger partial charge >= 0.3 is 0 Å². The summed E-state index contributed by atoms with van der Waals surface area (Å²) >= 11 is 0. The topological polar surface area (TPSA) is 85.4 Å². The van der Waals surface area contributed by atoms with Gasteiger partial charge in [-0.05, 0) is 98.5 Å².